The van der Waals surface area contributed by atoms with Gasteiger partial charge in [0.05, 0.1) is 18.8 Å². The zero-order valence-electron chi connectivity index (χ0n) is 11.6. The van der Waals surface area contributed by atoms with E-state index in [1.165, 1.54) is 5.56 Å². The van der Waals surface area contributed by atoms with E-state index in [0.29, 0.717) is 0 Å². The van der Waals surface area contributed by atoms with E-state index in [1.54, 1.807) is 13.3 Å². The Bertz CT molecular complexity index is 495. The minimum Gasteiger partial charge on any atom is -0.495 e. The molecular weight excluding hydrogens is 238 g/mol. The van der Waals surface area contributed by atoms with E-state index in [9.17, 15) is 0 Å². The van der Waals surface area contributed by atoms with Gasteiger partial charge in [0.2, 0.25) is 0 Å². The second-order valence-electron chi connectivity index (χ2n) is 4.21. The fraction of sp³-hybridized carbons (Fsp3) is 0.333. The van der Waals surface area contributed by atoms with Crippen molar-refractivity contribution in [1.29, 1.82) is 0 Å². The normalized spacial score (nSPS) is 12.2. The summed E-state index contributed by atoms with van der Waals surface area (Å²) in [5, 5.41) is 3.28. The molecule has 0 amide bonds. The summed E-state index contributed by atoms with van der Waals surface area (Å²) in [6.45, 7) is 2.13. The van der Waals surface area contributed by atoms with Crippen molar-refractivity contribution in [2.45, 2.75) is 19.4 Å². The van der Waals surface area contributed by atoms with Gasteiger partial charge in [-0.25, -0.2) is 0 Å². The van der Waals surface area contributed by atoms with Gasteiger partial charge in [-0.05, 0) is 37.2 Å². The molecule has 0 aliphatic carbocycles. The van der Waals surface area contributed by atoms with Gasteiger partial charge in [0.1, 0.15) is 11.4 Å². The Labute approximate surface area is 113 Å². The molecule has 0 bridgehead atoms. The lowest BCUT2D eigenvalue weighted by atomic mass is 10.0. The van der Waals surface area contributed by atoms with Gasteiger partial charge in [-0.3, -0.25) is 9.97 Å². The molecule has 19 heavy (non-hydrogen) atoms. The molecule has 0 fully saturated rings. The second kappa shape index (κ2) is 6.29. The number of nitrogens with zero attached hydrogens (tertiary/aromatic N) is 2. The minimum atomic E-state index is -0.0627. The molecule has 0 spiro atoms. The highest BCUT2D eigenvalue weighted by Gasteiger charge is 2.21. The molecule has 4 nitrogen and oxygen atoms in total. The predicted octanol–water partition coefficient (Wildman–Crippen LogP) is 2.36. The predicted molar refractivity (Wildman–Crippen MR) is 75.3 cm³/mol. The largest absolute Gasteiger partial charge is 0.495 e. The molecular formula is C15H19N3O. The van der Waals surface area contributed by atoms with Gasteiger partial charge in [-0.15, -0.1) is 0 Å². The molecule has 0 aliphatic heterocycles. The SMILES string of the molecule is CCc1cccnc1C(NC)c1ncccc1OC. The van der Waals surface area contributed by atoms with E-state index in [-0.39, 0.29) is 6.04 Å². The number of hydrogen-bond acceptors (Lipinski definition) is 4. The Morgan fingerprint density at radius 3 is 2.47 bits per heavy atom. The average Bonchev–Trinajstić information content (AvgIpc) is 2.49. The van der Waals surface area contributed by atoms with Crippen LogP contribution in [-0.4, -0.2) is 24.1 Å². The van der Waals surface area contributed by atoms with Crippen LogP contribution in [0.5, 0.6) is 5.75 Å². The van der Waals surface area contributed by atoms with Crippen LogP contribution in [0.25, 0.3) is 0 Å². The Morgan fingerprint density at radius 2 is 1.84 bits per heavy atom. The maximum absolute atomic E-state index is 5.39. The highest BCUT2D eigenvalue weighted by Crippen LogP contribution is 2.28. The summed E-state index contributed by atoms with van der Waals surface area (Å²) in [5.74, 6) is 0.773. The lowest BCUT2D eigenvalue weighted by molar-refractivity contribution is 0.401. The van der Waals surface area contributed by atoms with Crippen molar-refractivity contribution in [2.75, 3.05) is 14.2 Å². The topological polar surface area (TPSA) is 47.0 Å². The Morgan fingerprint density at radius 1 is 1.16 bits per heavy atom. The molecule has 1 N–H and O–H groups in total. The van der Waals surface area contributed by atoms with Crippen LogP contribution in [0.4, 0.5) is 0 Å². The third-order valence-corrected chi connectivity index (χ3v) is 3.16. The molecule has 0 saturated carbocycles. The fourth-order valence-corrected chi connectivity index (χ4v) is 2.20. The Hall–Kier alpha value is -1.94. The molecule has 1 atom stereocenters. The van der Waals surface area contributed by atoms with E-state index in [4.69, 9.17) is 4.74 Å². The number of aromatic nitrogens is 2. The van der Waals surface area contributed by atoms with Crippen LogP contribution >= 0.6 is 0 Å². The molecule has 0 radical (unpaired) electrons. The van der Waals surface area contributed by atoms with E-state index in [0.717, 1.165) is 23.6 Å². The third-order valence-electron chi connectivity index (χ3n) is 3.16. The summed E-state index contributed by atoms with van der Waals surface area (Å²) in [6, 6.07) is 7.79. The molecule has 4 heteroatoms. The smallest absolute Gasteiger partial charge is 0.142 e. The zero-order chi connectivity index (χ0) is 13.7. The van der Waals surface area contributed by atoms with Crippen molar-refractivity contribution in [2.24, 2.45) is 0 Å². The molecule has 0 aliphatic rings. The number of nitrogens with one attached hydrogen (secondary N) is 1. The Balaban J connectivity index is 2.50. The van der Waals surface area contributed by atoms with Crippen molar-refractivity contribution >= 4 is 0 Å². The summed E-state index contributed by atoms with van der Waals surface area (Å²) in [7, 11) is 3.57. The van der Waals surface area contributed by atoms with Gasteiger partial charge < -0.3 is 10.1 Å². The minimum absolute atomic E-state index is 0.0627. The Kier molecular flexibility index (Phi) is 4.47. The molecule has 2 rings (SSSR count). The van der Waals surface area contributed by atoms with E-state index < -0.39 is 0 Å². The zero-order valence-corrected chi connectivity index (χ0v) is 11.6. The molecule has 2 heterocycles. The summed E-state index contributed by atoms with van der Waals surface area (Å²) in [6.07, 6.45) is 4.53. The number of aryl methyl sites for hydroxylation is 1. The average molecular weight is 257 g/mol. The summed E-state index contributed by atoms with van der Waals surface area (Å²) < 4.78 is 5.39. The lowest BCUT2D eigenvalue weighted by Gasteiger charge is -2.19. The highest BCUT2D eigenvalue weighted by molar-refractivity contribution is 5.37. The van der Waals surface area contributed by atoms with Crippen molar-refractivity contribution in [3.63, 3.8) is 0 Å². The van der Waals surface area contributed by atoms with Crippen molar-refractivity contribution in [3.8, 4) is 5.75 Å². The van der Waals surface area contributed by atoms with Gasteiger partial charge in [0.25, 0.3) is 0 Å². The molecule has 100 valence electrons. The van der Waals surface area contributed by atoms with Gasteiger partial charge in [-0.1, -0.05) is 13.0 Å². The number of ether oxygens (including phenoxy) is 1. The molecule has 0 saturated heterocycles. The van der Waals surface area contributed by atoms with Crippen LogP contribution in [-0.2, 0) is 6.42 Å². The summed E-state index contributed by atoms with van der Waals surface area (Å²) in [5.41, 5.74) is 3.08. The quantitative estimate of drug-likeness (QED) is 0.893. The number of pyridine rings is 2. The van der Waals surface area contributed by atoms with Gasteiger partial charge in [-0.2, -0.15) is 0 Å². The first-order chi connectivity index (χ1) is 9.31. The van der Waals surface area contributed by atoms with Crippen molar-refractivity contribution in [3.05, 3.63) is 53.6 Å². The molecule has 2 aromatic heterocycles. The fourth-order valence-electron chi connectivity index (χ4n) is 2.20. The van der Waals surface area contributed by atoms with Crippen LogP contribution in [0.3, 0.4) is 0 Å². The van der Waals surface area contributed by atoms with E-state index >= 15 is 0 Å². The van der Waals surface area contributed by atoms with E-state index in [2.05, 4.69) is 28.3 Å². The van der Waals surface area contributed by atoms with Gasteiger partial charge in [0, 0.05) is 12.4 Å². The first kappa shape index (κ1) is 13.5. The number of methoxy groups -OCH3 is 1. The standard InChI is InChI=1S/C15H19N3O/c1-4-11-7-5-9-17-13(11)15(16-2)14-12(19-3)8-6-10-18-14/h5-10,15-16H,4H2,1-3H3. The second-order valence-corrected chi connectivity index (χ2v) is 4.21. The van der Waals surface area contributed by atoms with Crippen molar-refractivity contribution < 1.29 is 4.74 Å². The van der Waals surface area contributed by atoms with Gasteiger partial charge >= 0.3 is 0 Å². The molecule has 0 aromatic carbocycles. The maximum atomic E-state index is 5.39. The summed E-state index contributed by atoms with van der Waals surface area (Å²) in [4.78, 5) is 8.96. The van der Waals surface area contributed by atoms with Crippen LogP contribution in [0, 0.1) is 0 Å². The maximum Gasteiger partial charge on any atom is 0.142 e. The van der Waals surface area contributed by atoms with Crippen LogP contribution in [0.2, 0.25) is 0 Å². The highest BCUT2D eigenvalue weighted by atomic mass is 16.5. The van der Waals surface area contributed by atoms with Gasteiger partial charge in [0.15, 0.2) is 0 Å². The molecule has 1 unspecified atom stereocenters. The van der Waals surface area contributed by atoms with Crippen LogP contribution < -0.4 is 10.1 Å². The molecule has 2 aromatic rings. The number of rotatable bonds is 5. The number of hydrogen-bond donors (Lipinski definition) is 1. The van der Waals surface area contributed by atoms with Crippen LogP contribution in [0.15, 0.2) is 36.7 Å². The first-order valence-corrected chi connectivity index (χ1v) is 6.41. The lowest BCUT2D eigenvalue weighted by Crippen LogP contribution is -2.22. The first-order valence-electron chi connectivity index (χ1n) is 6.41. The third kappa shape index (κ3) is 2.74. The monoisotopic (exact) mass is 257 g/mol. The van der Waals surface area contributed by atoms with Crippen molar-refractivity contribution in [1.82, 2.24) is 15.3 Å². The van der Waals surface area contributed by atoms with E-state index in [1.807, 2.05) is 31.4 Å². The summed E-state index contributed by atoms with van der Waals surface area (Å²) >= 11 is 0. The van der Waals surface area contributed by atoms with Crippen LogP contribution in [0.1, 0.15) is 29.9 Å².